The van der Waals surface area contributed by atoms with Gasteiger partial charge >= 0.3 is 0 Å². The summed E-state index contributed by atoms with van der Waals surface area (Å²) in [6.07, 6.45) is 0. The predicted octanol–water partition coefficient (Wildman–Crippen LogP) is 3.26. The van der Waals surface area contributed by atoms with Crippen molar-refractivity contribution in [3.8, 4) is 0 Å². The van der Waals surface area contributed by atoms with Crippen LogP contribution < -0.4 is 5.32 Å². The molecule has 0 bridgehead atoms. The molecule has 1 N–H and O–H groups in total. The smallest absolute Gasteiger partial charge is 0.269 e. The van der Waals surface area contributed by atoms with Crippen LogP contribution in [0.3, 0.4) is 0 Å². The van der Waals surface area contributed by atoms with E-state index in [1.807, 2.05) is 0 Å². The molecular formula is C13H19BrN2O. The molecule has 1 amide bonds. The van der Waals surface area contributed by atoms with Gasteiger partial charge in [-0.3, -0.25) is 4.79 Å². The van der Waals surface area contributed by atoms with Gasteiger partial charge in [0.25, 0.3) is 5.91 Å². The number of pyridine rings is 1. The van der Waals surface area contributed by atoms with Crippen LogP contribution in [-0.2, 0) is 0 Å². The molecule has 1 aromatic rings. The van der Waals surface area contributed by atoms with E-state index < -0.39 is 0 Å². The van der Waals surface area contributed by atoms with Crippen molar-refractivity contribution in [3.63, 3.8) is 0 Å². The molecule has 94 valence electrons. The van der Waals surface area contributed by atoms with E-state index >= 15 is 0 Å². The Morgan fingerprint density at radius 2 is 2.12 bits per heavy atom. The van der Waals surface area contributed by atoms with Crippen molar-refractivity contribution < 1.29 is 4.79 Å². The van der Waals surface area contributed by atoms with E-state index in [2.05, 4.69) is 53.9 Å². The van der Waals surface area contributed by atoms with Gasteiger partial charge in [0.2, 0.25) is 0 Å². The number of rotatable bonds is 4. The highest BCUT2D eigenvalue weighted by Crippen LogP contribution is 2.24. The number of nitrogens with zero attached hydrogens (tertiary/aromatic N) is 1. The molecule has 1 rings (SSSR count). The van der Waals surface area contributed by atoms with E-state index in [-0.39, 0.29) is 11.3 Å². The van der Waals surface area contributed by atoms with Gasteiger partial charge in [0.15, 0.2) is 0 Å². The lowest BCUT2D eigenvalue weighted by Gasteiger charge is -2.29. The van der Waals surface area contributed by atoms with Crippen LogP contribution in [0.25, 0.3) is 0 Å². The summed E-state index contributed by atoms with van der Waals surface area (Å²) in [5, 5.41) is 2.93. The van der Waals surface area contributed by atoms with Crippen molar-refractivity contribution in [3.05, 3.63) is 28.5 Å². The largest absolute Gasteiger partial charge is 0.350 e. The third-order valence-corrected chi connectivity index (χ3v) is 3.66. The fraction of sp³-hybridized carbons (Fsp3) is 0.538. The molecule has 4 heteroatoms. The molecule has 0 radical (unpaired) electrons. The molecule has 0 aliphatic carbocycles. The average Bonchev–Trinajstić information content (AvgIpc) is 2.25. The topological polar surface area (TPSA) is 42.0 Å². The first-order valence-corrected chi connectivity index (χ1v) is 6.53. The van der Waals surface area contributed by atoms with Gasteiger partial charge in [0, 0.05) is 6.54 Å². The van der Waals surface area contributed by atoms with Gasteiger partial charge in [0.1, 0.15) is 10.3 Å². The molecule has 17 heavy (non-hydrogen) atoms. The van der Waals surface area contributed by atoms with E-state index in [1.54, 1.807) is 18.2 Å². The fourth-order valence-electron chi connectivity index (χ4n) is 1.14. The quantitative estimate of drug-likeness (QED) is 0.867. The maximum Gasteiger partial charge on any atom is 0.269 e. The zero-order chi connectivity index (χ0) is 13.1. The zero-order valence-electron chi connectivity index (χ0n) is 10.7. The molecule has 0 aromatic carbocycles. The second-order valence-corrected chi connectivity index (χ2v) is 5.98. The van der Waals surface area contributed by atoms with Crippen LogP contribution in [0.4, 0.5) is 0 Å². The minimum Gasteiger partial charge on any atom is -0.350 e. The zero-order valence-corrected chi connectivity index (χ0v) is 12.3. The summed E-state index contributed by atoms with van der Waals surface area (Å²) in [6, 6.07) is 5.32. The SMILES string of the molecule is CC(C)C(C)(C)CNC(=O)c1cccc(Br)n1. The minimum absolute atomic E-state index is 0.0850. The van der Waals surface area contributed by atoms with Crippen LogP contribution in [0.2, 0.25) is 0 Å². The number of hydrogen-bond donors (Lipinski definition) is 1. The molecule has 0 aliphatic heterocycles. The number of aromatic nitrogens is 1. The Labute approximate surface area is 111 Å². The Bertz CT molecular complexity index is 402. The number of carbonyl (C=O) groups is 1. The number of hydrogen-bond acceptors (Lipinski definition) is 2. The molecule has 0 fully saturated rings. The molecule has 1 aromatic heterocycles. The fourth-order valence-corrected chi connectivity index (χ4v) is 1.48. The summed E-state index contributed by atoms with van der Waals surface area (Å²) >= 11 is 3.25. The van der Waals surface area contributed by atoms with Crippen LogP contribution in [0.1, 0.15) is 38.2 Å². The van der Waals surface area contributed by atoms with E-state index in [0.717, 1.165) is 0 Å². The predicted molar refractivity (Wildman–Crippen MR) is 72.9 cm³/mol. The molecule has 1 heterocycles. The number of nitrogens with one attached hydrogen (secondary N) is 1. The van der Waals surface area contributed by atoms with Crippen molar-refractivity contribution >= 4 is 21.8 Å². The highest BCUT2D eigenvalue weighted by atomic mass is 79.9. The molecule has 3 nitrogen and oxygen atoms in total. The van der Waals surface area contributed by atoms with E-state index in [4.69, 9.17) is 0 Å². The first-order valence-electron chi connectivity index (χ1n) is 5.73. The second kappa shape index (κ2) is 5.63. The van der Waals surface area contributed by atoms with Gasteiger partial charge in [0.05, 0.1) is 0 Å². The van der Waals surface area contributed by atoms with Crippen molar-refractivity contribution in [2.45, 2.75) is 27.7 Å². The van der Waals surface area contributed by atoms with E-state index in [9.17, 15) is 4.79 Å². The van der Waals surface area contributed by atoms with Gasteiger partial charge in [-0.15, -0.1) is 0 Å². The highest BCUT2D eigenvalue weighted by Gasteiger charge is 2.23. The minimum atomic E-state index is -0.125. The van der Waals surface area contributed by atoms with Crippen molar-refractivity contribution in [2.24, 2.45) is 11.3 Å². The molecule has 0 saturated carbocycles. The van der Waals surface area contributed by atoms with Crippen LogP contribution in [0.5, 0.6) is 0 Å². The third-order valence-electron chi connectivity index (χ3n) is 3.22. The molecule has 0 unspecified atom stereocenters. The summed E-state index contributed by atoms with van der Waals surface area (Å²) in [5.74, 6) is 0.387. The lowest BCUT2D eigenvalue weighted by molar-refractivity contribution is 0.0919. The Morgan fingerprint density at radius 1 is 1.47 bits per heavy atom. The first-order chi connectivity index (χ1) is 7.83. The average molecular weight is 299 g/mol. The van der Waals surface area contributed by atoms with Crippen LogP contribution in [-0.4, -0.2) is 17.4 Å². The summed E-state index contributed by atoms with van der Waals surface area (Å²) in [6.45, 7) is 9.25. The Morgan fingerprint density at radius 3 is 2.65 bits per heavy atom. The Kier molecular flexibility index (Phi) is 4.69. The van der Waals surface area contributed by atoms with Gasteiger partial charge < -0.3 is 5.32 Å². The monoisotopic (exact) mass is 298 g/mol. The van der Waals surface area contributed by atoms with Crippen LogP contribution in [0, 0.1) is 11.3 Å². The maximum absolute atomic E-state index is 11.9. The molecular weight excluding hydrogens is 280 g/mol. The Balaban J connectivity index is 2.62. The summed E-state index contributed by atoms with van der Waals surface area (Å²) < 4.78 is 0.674. The van der Waals surface area contributed by atoms with E-state index in [1.165, 1.54) is 0 Å². The third kappa shape index (κ3) is 4.11. The lowest BCUT2D eigenvalue weighted by atomic mass is 9.81. The van der Waals surface area contributed by atoms with Gasteiger partial charge in [-0.2, -0.15) is 0 Å². The summed E-state index contributed by atoms with van der Waals surface area (Å²) in [4.78, 5) is 16.0. The van der Waals surface area contributed by atoms with Crippen molar-refractivity contribution in [1.82, 2.24) is 10.3 Å². The maximum atomic E-state index is 11.9. The van der Waals surface area contributed by atoms with Crippen LogP contribution in [0.15, 0.2) is 22.8 Å². The molecule has 0 atom stereocenters. The second-order valence-electron chi connectivity index (χ2n) is 5.17. The van der Waals surface area contributed by atoms with Gasteiger partial charge in [-0.25, -0.2) is 4.98 Å². The number of amides is 1. The normalized spacial score (nSPS) is 11.6. The van der Waals surface area contributed by atoms with Crippen LogP contribution >= 0.6 is 15.9 Å². The first kappa shape index (κ1) is 14.2. The van der Waals surface area contributed by atoms with Crippen molar-refractivity contribution in [1.29, 1.82) is 0 Å². The Hall–Kier alpha value is -0.900. The highest BCUT2D eigenvalue weighted by molar-refractivity contribution is 9.10. The number of carbonyl (C=O) groups excluding carboxylic acids is 1. The lowest BCUT2D eigenvalue weighted by Crippen LogP contribution is -2.37. The van der Waals surface area contributed by atoms with Gasteiger partial charge in [-0.1, -0.05) is 33.8 Å². The van der Waals surface area contributed by atoms with E-state index in [0.29, 0.717) is 22.8 Å². The van der Waals surface area contributed by atoms with Crippen molar-refractivity contribution in [2.75, 3.05) is 6.54 Å². The number of halogens is 1. The standard InChI is InChI=1S/C13H19BrN2O/c1-9(2)13(3,4)8-15-12(17)10-6-5-7-11(14)16-10/h5-7,9H,8H2,1-4H3,(H,15,17). The molecule has 0 saturated heterocycles. The summed E-state index contributed by atoms with van der Waals surface area (Å²) in [7, 11) is 0. The van der Waals surface area contributed by atoms with Gasteiger partial charge in [-0.05, 0) is 39.4 Å². The summed E-state index contributed by atoms with van der Waals surface area (Å²) in [5.41, 5.74) is 0.528. The molecule has 0 aliphatic rings. The molecule has 0 spiro atoms.